The second-order valence-corrected chi connectivity index (χ2v) is 9.79. The highest BCUT2D eigenvalue weighted by Gasteiger charge is 2.19. The Hall–Kier alpha value is -3.42. The maximum atomic E-state index is 11.1. The summed E-state index contributed by atoms with van der Waals surface area (Å²) in [6.45, 7) is 7.08. The van der Waals surface area contributed by atoms with Crippen molar-refractivity contribution in [2.24, 2.45) is 0 Å². The van der Waals surface area contributed by atoms with Crippen LogP contribution in [-0.2, 0) is 13.2 Å². The minimum atomic E-state index is -0.972. The number of carbonyl (C=O) groups is 1. The number of benzene rings is 2. The van der Waals surface area contributed by atoms with Crippen molar-refractivity contribution in [1.29, 1.82) is 0 Å². The van der Waals surface area contributed by atoms with Gasteiger partial charge >= 0.3 is 5.97 Å². The molecule has 2 aromatic heterocycles. The lowest BCUT2D eigenvalue weighted by Crippen LogP contribution is -2.18. The normalized spacial score (nSPS) is 11.2. The molecule has 0 unspecified atom stereocenters. The molecule has 2 N–H and O–H groups in total. The van der Waals surface area contributed by atoms with E-state index in [1.54, 1.807) is 35.0 Å². The van der Waals surface area contributed by atoms with Gasteiger partial charge in [-0.05, 0) is 66.4 Å². The number of nitrogens with one attached hydrogen (secondary N) is 1. The van der Waals surface area contributed by atoms with Crippen LogP contribution in [0.25, 0.3) is 5.69 Å². The van der Waals surface area contributed by atoms with Gasteiger partial charge in [-0.15, -0.1) is 0 Å². The molecule has 0 aliphatic carbocycles. The van der Waals surface area contributed by atoms with Crippen molar-refractivity contribution < 1.29 is 14.6 Å². The Morgan fingerprint density at radius 2 is 1.89 bits per heavy atom. The molecule has 0 fully saturated rings. The number of ether oxygens (including phenoxy) is 1. The number of para-hydroxylation sites is 1. The summed E-state index contributed by atoms with van der Waals surface area (Å²) in [5, 5.41) is 14.7. The fraction of sp³-hybridized carbons (Fsp3) is 0.259. The van der Waals surface area contributed by atoms with E-state index in [1.165, 1.54) is 0 Å². The number of hydrogen-bond donors (Lipinski definition) is 2. The Morgan fingerprint density at radius 3 is 2.50 bits per heavy atom. The van der Waals surface area contributed by atoms with Gasteiger partial charge in [0.15, 0.2) is 0 Å². The molecular formula is C27H28Cl2N4O3. The summed E-state index contributed by atoms with van der Waals surface area (Å²) in [5.41, 5.74) is 5.64. The molecule has 0 atom stereocenters. The highest BCUT2D eigenvalue weighted by Crippen LogP contribution is 2.32. The lowest BCUT2D eigenvalue weighted by atomic mass is 10.0. The van der Waals surface area contributed by atoms with Gasteiger partial charge < -0.3 is 19.7 Å². The highest BCUT2D eigenvalue weighted by atomic mass is 35.5. The molecule has 4 aromatic rings. The third-order valence-corrected chi connectivity index (χ3v) is 6.62. The van der Waals surface area contributed by atoms with E-state index in [-0.39, 0.29) is 11.6 Å². The van der Waals surface area contributed by atoms with Crippen LogP contribution in [0.5, 0.6) is 5.75 Å². The van der Waals surface area contributed by atoms with Gasteiger partial charge in [0.05, 0.1) is 28.5 Å². The Balaban J connectivity index is 1.53. The number of carboxylic acids is 1. The van der Waals surface area contributed by atoms with Crippen LogP contribution >= 0.6 is 23.2 Å². The molecule has 36 heavy (non-hydrogen) atoms. The number of rotatable bonds is 9. The predicted molar refractivity (Wildman–Crippen MR) is 143 cm³/mol. The first-order chi connectivity index (χ1) is 17.2. The summed E-state index contributed by atoms with van der Waals surface area (Å²) in [6, 6.07) is 14.7. The molecule has 0 radical (unpaired) electrons. The minimum Gasteiger partial charge on any atom is -0.487 e. The summed E-state index contributed by atoms with van der Waals surface area (Å²) in [7, 11) is 1.96. The Bertz CT molecular complexity index is 1370. The van der Waals surface area contributed by atoms with Gasteiger partial charge in [-0.2, -0.15) is 5.10 Å². The van der Waals surface area contributed by atoms with Crippen LogP contribution < -0.4 is 9.64 Å². The maximum Gasteiger partial charge on any atom is 0.352 e. The van der Waals surface area contributed by atoms with Crippen molar-refractivity contribution in [2.75, 3.05) is 11.9 Å². The first kappa shape index (κ1) is 25.7. The SMILES string of the molecule is Cc1cc(OCc2c(C(C)C)cnn2-c2c(Cl)cccc2Cl)ccc1N(C)Cc1ccc(C(=O)O)[nH]1. The number of hydrogen-bond acceptors (Lipinski definition) is 4. The molecule has 188 valence electrons. The zero-order valence-corrected chi connectivity index (χ0v) is 22.1. The van der Waals surface area contributed by atoms with Crippen LogP contribution in [-0.4, -0.2) is 32.9 Å². The van der Waals surface area contributed by atoms with Gasteiger partial charge in [0, 0.05) is 18.4 Å². The van der Waals surface area contributed by atoms with Crippen molar-refractivity contribution in [3.05, 3.63) is 93.0 Å². The first-order valence-electron chi connectivity index (χ1n) is 11.5. The summed E-state index contributed by atoms with van der Waals surface area (Å²) in [4.78, 5) is 16.1. The molecule has 4 rings (SSSR count). The first-order valence-corrected chi connectivity index (χ1v) is 12.3. The van der Waals surface area contributed by atoms with Crippen LogP contribution in [0.4, 0.5) is 5.69 Å². The van der Waals surface area contributed by atoms with E-state index in [9.17, 15) is 4.79 Å². The fourth-order valence-corrected chi connectivity index (χ4v) is 4.75. The number of carboxylic acid groups (broad SMARTS) is 1. The lowest BCUT2D eigenvalue weighted by Gasteiger charge is -2.22. The van der Waals surface area contributed by atoms with Gasteiger partial charge in [-0.1, -0.05) is 43.1 Å². The van der Waals surface area contributed by atoms with E-state index >= 15 is 0 Å². The monoisotopic (exact) mass is 526 g/mol. The molecule has 0 saturated heterocycles. The minimum absolute atomic E-state index is 0.178. The topological polar surface area (TPSA) is 83.4 Å². The number of aryl methyl sites for hydroxylation is 1. The molecule has 0 amide bonds. The van der Waals surface area contributed by atoms with Gasteiger partial charge in [0.25, 0.3) is 0 Å². The summed E-state index contributed by atoms with van der Waals surface area (Å²) in [6.07, 6.45) is 1.84. The molecule has 0 aliphatic heterocycles. The van der Waals surface area contributed by atoms with Gasteiger partial charge in [-0.3, -0.25) is 0 Å². The van der Waals surface area contributed by atoms with Crippen LogP contribution in [0.1, 0.15) is 52.8 Å². The molecule has 2 heterocycles. The number of halogens is 2. The predicted octanol–water partition coefficient (Wildman–Crippen LogP) is 6.85. The number of H-pyrrole nitrogens is 1. The van der Waals surface area contributed by atoms with E-state index in [0.29, 0.717) is 28.9 Å². The van der Waals surface area contributed by atoms with Crippen molar-refractivity contribution in [3.8, 4) is 11.4 Å². The van der Waals surface area contributed by atoms with Crippen molar-refractivity contribution in [2.45, 2.75) is 39.8 Å². The molecular weight excluding hydrogens is 499 g/mol. The fourth-order valence-electron chi connectivity index (χ4n) is 4.19. The van der Waals surface area contributed by atoms with E-state index in [2.05, 4.69) is 28.8 Å². The molecule has 0 saturated carbocycles. The van der Waals surface area contributed by atoms with E-state index in [4.69, 9.17) is 33.0 Å². The van der Waals surface area contributed by atoms with Gasteiger partial charge in [0.1, 0.15) is 23.7 Å². The highest BCUT2D eigenvalue weighted by molar-refractivity contribution is 6.37. The molecule has 2 aromatic carbocycles. The van der Waals surface area contributed by atoms with Gasteiger partial charge in [0.2, 0.25) is 0 Å². The second-order valence-electron chi connectivity index (χ2n) is 8.98. The summed E-state index contributed by atoms with van der Waals surface area (Å²) >= 11 is 12.9. The average Bonchev–Trinajstić information content (AvgIpc) is 3.45. The van der Waals surface area contributed by atoms with Crippen LogP contribution in [0.15, 0.2) is 54.7 Å². The largest absolute Gasteiger partial charge is 0.487 e. The van der Waals surface area contributed by atoms with Crippen molar-refractivity contribution in [1.82, 2.24) is 14.8 Å². The second kappa shape index (κ2) is 10.7. The van der Waals surface area contributed by atoms with Crippen LogP contribution in [0, 0.1) is 6.92 Å². The number of aromatic amines is 1. The van der Waals surface area contributed by atoms with E-state index in [0.717, 1.165) is 34.0 Å². The third-order valence-electron chi connectivity index (χ3n) is 6.01. The Labute approximate surface area is 220 Å². The molecule has 7 nitrogen and oxygen atoms in total. The number of aromatic carboxylic acids is 1. The standard InChI is InChI=1S/C27H28Cl2N4O3/c1-16(2)20-13-30-33(26-21(28)6-5-7-22(26)29)25(20)15-36-19-9-11-24(17(3)12-19)32(4)14-18-8-10-23(31-18)27(34)35/h5-13,16,31H,14-15H2,1-4H3,(H,34,35). The zero-order valence-electron chi connectivity index (χ0n) is 20.5. The average molecular weight is 527 g/mol. The van der Waals surface area contributed by atoms with Crippen LogP contribution in [0.3, 0.4) is 0 Å². The smallest absolute Gasteiger partial charge is 0.352 e. The number of aromatic nitrogens is 3. The quantitative estimate of drug-likeness (QED) is 0.249. The van der Waals surface area contributed by atoms with Gasteiger partial charge in [-0.25, -0.2) is 9.48 Å². The maximum absolute atomic E-state index is 11.1. The zero-order chi connectivity index (χ0) is 26.0. The summed E-state index contributed by atoms with van der Waals surface area (Å²) in [5.74, 6) is -0.00299. The molecule has 0 spiro atoms. The van der Waals surface area contributed by atoms with Crippen molar-refractivity contribution in [3.63, 3.8) is 0 Å². The molecule has 0 bridgehead atoms. The lowest BCUT2D eigenvalue weighted by molar-refractivity contribution is 0.0691. The Kier molecular flexibility index (Phi) is 7.62. The number of anilines is 1. The third kappa shape index (κ3) is 5.37. The van der Waals surface area contributed by atoms with Crippen LogP contribution in [0.2, 0.25) is 10.0 Å². The summed E-state index contributed by atoms with van der Waals surface area (Å²) < 4.78 is 7.97. The number of nitrogens with zero attached hydrogens (tertiary/aromatic N) is 3. The Morgan fingerprint density at radius 1 is 1.17 bits per heavy atom. The van der Waals surface area contributed by atoms with E-state index < -0.39 is 5.97 Å². The van der Waals surface area contributed by atoms with E-state index in [1.807, 2.05) is 38.4 Å². The molecule has 0 aliphatic rings. The van der Waals surface area contributed by atoms with Crippen molar-refractivity contribution >= 4 is 34.9 Å². The molecule has 9 heteroatoms.